The van der Waals surface area contributed by atoms with Gasteiger partial charge in [-0.25, -0.2) is 0 Å². The van der Waals surface area contributed by atoms with E-state index in [9.17, 15) is 4.79 Å². The first-order valence-corrected chi connectivity index (χ1v) is 11.4. The minimum atomic E-state index is -0.497. The summed E-state index contributed by atoms with van der Waals surface area (Å²) in [5.41, 5.74) is 2.74. The molecule has 166 valence electrons. The van der Waals surface area contributed by atoms with Crippen molar-refractivity contribution in [3.8, 4) is 22.6 Å². The summed E-state index contributed by atoms with van der Waals surface area (Å²) in [5, 5.41) is 11.0. The van der Waals surface area contributed by atoms with Gasteiger partial charge in [-0.3, -0.25) is 4.79 Å². The molecule has 0 aliphatic carbocycles. The molecule has 2 atom stereocenters. The molecule has 1 aliphatic heterocycles. The van der Waals surface area contributed by atoms with Gasteiger partial charge in [-0.15, -0.1) is 10.2 Å². The number of nitrogens with zero attached hydrogens (tertiary/aromatic N) is 2. The molecule has 0 bridgehead atoms. The van der Waals surface area contributed by atoms with E-state index in [0.717, 1.165) is 16.8 Å². The lowest BCUT2D eigenvalue weighted by atomic mass is 10.0. The molecular weight excluding hydrogens is 438 g/mol. The molecule has 2 heterocycles. The molecule has 3 aromatic carbocycles. The molecule has 1 N–H and O–H groups in total. The third-order valence-corrected chi connectivity index (χ3v) is 6.06. The lowest BCUT2D eigenvalue weighted by molar-refractivity contribution is -0.115. The van der Waals surface area contributed by atoms with Crippen molar-refractivity contribution in [2.75, 3.05) is 11.9 Å². The van der Waals surface area contributed by atoms with E-state index in [1.807, 2.05) is 78.9 Å². The minimum Gasteiger partial charge on any atom is -0.485 e. The zero-order valence-corrected chi connectivity index (χ0v) is 18.6. The van der Waals surface area contributed by atoms with E-state index in [-0.39, 0.29) is 12.5 Å². The fourth-order valence-electron chi connectivity index (χ4n) is 3.44. The van der Waals surface area contributed by atoms with Crippen molar-refractivity contribution >= 4 is 23.4 Å². The van der Waals surface area contributed by atoms with Crippen molar-refractivity contribution in [2.45, 2.75) is 23.5 Å². The first-order valence-electron chi connectivity index (χ1n) is 10.5. The number of para-hydroxylation sites is 3. The molecule has 5 rings (SSSR count). The third kappa shape index (κ3) is 4.70. The fraction of sp³-hybridized carbons (Fsp3) is 0.160. The van der Waals surface area contributed by atoms with Gasteiger partial charge in [0.15, 0.2) is 11.5 Å². The van der Waals surface area contributed by atoms with Crippen LogP contribution in [0.5, 0.6) is 11.5 Å². The van der Waals surface area contributed by atoms with Gasteiger partial charge in [-0.05, 0) is 30.7 Å². The molecule has 7 nitrogen and oxygen atoms in total. The van der Waals surface area contributed by atoms with Crippen LogP contribution >= 0.6 is 11.8 Å². The van der Waals surface area contributed by atoms with Crippen LogP contribution in [0.1, 0.15) is 18.9 Å². The highest BCUT2D eigenvalue weighted by molar-refractivity contribution is 8.00. The highest BCUT2D eigenvalue weighted by atomic mass is 32.2. The molecule has 1 amide bonds. The molecule has 33 heavy (non-hydrogen) atoms. The van der Waals surface area contributed by atoms with Crippen molar-refractivity contribution < 1.29 is 18.7 Å². The topological polar surface area (TPSA) is 86.5 Å². The zero-order chi connectivity index (χ0) is 22.6. The second-order valence-corrected chi connectivity index (χ2v) is 8.72. The summed E-state index contributed by atoms with van der Waals surface area (Å²) < 4.78 is 17.4. The Kier molecular flexibility index (Phi) is 5.99. The van der Waals surface area contributed by atoms with Crippen molar-refractivity contribution in [1.82, 2.24) is 10.2 Å². The Morgan fingerprint density at radius 2 is 1.70 bits per heavy atom. The molecule has 1 aliphatic rings. The van der Waals surface area contributed by atoms with E-state index in [1.165, 1.54) is 11.8 Å². The molecule has 0 fully saturated rings. The van der Waals surface area contributed by atoms with Gasteiger partial charge in [0.05, 0.1) is 5.25 Å². The Morgan fingerprint density at radius 1 is 0.970 bits per heavy atom. The number of carbonyl (C=O) groups excluding carboxylic acids is 1. The van der Waals surface area contributed by atoms with E-state index in [1.54, 1.807) is 6.92 Å². The van der Waals surface area contributed by atoms with Crippen molar-refractivity contribution in [1.29, 1.82) is 0 Å². The lowest BCUT2D eigenvalue weighted by Gasteiger charge is -2.23. The molecule has 0 saturated carbocycles. The van der Waals surface area contributed by atoms with Crippen LogP contribution in [0.2, 0.25) is 0 Å². The van der Waals surface area contributed by atoms with Gasteiger partial charge in [0.1, 0.15) is 6.61 Å². The predicted octanol–water partition coefficient (Wildman–Crippen LogP) is 5.37. The summed E-state index contributed by atoms with van der Waals surface area (Å²) in [4.78, 5) is 12.9. The highest BCUT2D eigenvalue weighted by Crippen LogP contribution is 2.36. The van der Waals surface area contributed by atoms with Crippen LogP contribution in [-0.2, 0) is 4.79 Å². The summed E-state index contributed by atoms with van der Waals surface area (Å²) in [6.07, 6.45) is -0.497. The zero-order valence-electron chi connectivity index (χ0n) is 17.8. The smallest absolute Gasteiger partial charge is 0.277 e. The normalized spacial score (nSPS) is 15.6. The van der Waals surface area contributed by atoms with Crippen LogP contribution in [0.15, 0.2) is 88.5 Å². The number of rotatable bonds is 6. The van der Waals surface area contributed by atoms with Crippen LogP contribution in [-0.4, -0.2) is 28.0 Å². The van der Waals surface area contributed by atoms with Gasteiger partial charge in [0.2, 0.25) is 12.0 Å². The number of ether oxygens (including phenoxy) is 2. The van der Waals surface area contributed by atoms with E-state index in [4.69, 9.17) is 13.9 Å². The number of fused-ring (bicyclic) bond motifs is 1. The van der Waals surface area contributed by atoms with Gasteiger partial charge in [0.25, 0.3) is 11.1 Å². The quantitative estimate of drug-likeness (QED) is 0.388. The van der Waals surface area contributed by atoms with Crippen LogP contribution in [0, 0.1) is 0 Å². The second kappa shape index (κ2) is 9.38. The molecule has 0 spiro atoms. The van der Waals surface area contributed by atoms with E-state index in [2.05, 4.69) is 15.5 Å². The van der Waals surface area contributed by atoms with Gasteiger partial charge in [-0.2, -0.15) is 0 Å². The number of nitrogens with one attached hydrogen (secondary N) is 1. The minimum absolute atomic E-state index is 0.158. The number of benzene rings is 3. The maximum atomic E-state index is 12.9. The number of aromatic nitrogens is 2. The SMILES string of the molecule is C[C@@H](Sc1nnc([C@H]2COc3ccccc3O2)o1)C(=O)Nc1ccccc1-c1ccccc1. The largest absolute Gasteiger partial charge is 0.485 e. The van der Waals surface area contributed by atoms with Crippen LogP contribution < -0.4 is 14.8 Å². The highest BCUT2D eigenvalue weighted by Gasteiger charge is 2.28. The standard InChI is InChI=1S/C25H21N3O4S/c1-16(23(29)26-19-12-6-5-11-18(19)17-9-3-2-4-10-17)33-25-28-27-24(32-25)22-15-30-20-13-7-8-14-21(20)31-22/h2-14,16,22H,15H2,1H3,(H,26,29)/t16-,22-/m1/s1. The summed E-state index contributed by atoms with van der Waals surface area (Å²) >= 11 is 1.19. The van der Waals surface area contributed by atoms with Crippen LogP contribution in [0.4, 0.5) is 5.69 Å². The summed E-state index contributed by atoms with van der Waals surface area (Å²) in [7, 11) is 0. The Morgan fingerprint density at radius 3 is 2.55 bits per heavy atom. The monoisotopic (exact) mass is 459 g/mol. The first kappa shape index (κ1) is 21.1. The first-order chi connectivity index (χ1) is 16.2. The van der Waals surface area contributed by atoms with Gasteiger partial charge in [0, 0.05) is 11.3 Å². The number of hydrogen-bond donors (Lipinski definition) is 1. The Labute approximate surface area is 195 Å². The Balaban J connectivity index is 1.24. The second-order valence-electron chi connectivity index (χ2n) is 7.43. The van der Waals surface area contributed by atoms with Gasteiger partial charge in [-0.1, -0.05) is 72.4 Å². The molecule has 0 saturated heterocycles. The summed E-state index contributed by atoms with van der Waals surface area (Å²) in [5.74, 6) is 1.47. The molecule has 8 heteroatoms. The van der Waals surface area contributed by atoms with Gasteiger partial charge >= 0.3 is 0 Å². The van der Waals surface area contributed by atoms with Crippen molar-refractivity contribution in [3.05, 3.63) is 84.8 Å². The molecule has 0 unspecified atom stereocenters. The lowest BCUT2D eigenvalue weighted by Crippen LogP contribution is -2.22. The van der Waals surface area contributed by atoms with Gasteiger partial charge < -0.3 is 19.2 Å². The number of amides is 1. The maximum Gasteiger partial charge on any atom is 0.277 e. The predicted molar refractivity (Wildman–Crippen MR) is 125 cm³/mol. The van der Waals surface area contributed by atoms with Crippen LogP contribution in [0.25, 0.3) is 11.1 Å². The molecule has 0 radical (unpaired) electrons. The average Bonchev–Trinajstić information content (AvgIpc) is 3.33. The van der Waals surface area contributed by atoms with Crippen molar-refractivity contribution in [2.24, 2.45) is 0 Å². The Bertz CT molecular complexity index is 1260. The number of anilines is 1. The summed E-state index contributed by atoms with van der Waals surface area (Å²) in [6, 6.07) is 25.1. The fourth-order valence-corrected chi connectivity index (χ4v) is 4.13. The van der Waals surface area contributed by atoms with Crippen LogP contribution in [0.3, 0.4) is 0 Å². The molecule has 1 aromatic heterocycles. The number of carbonyl (C=O) groups is 1. The number of hydrogen-bond acceptors (Lipinski definition) is 7. The molecule has 4 aromatic rings. The number of thioether (sulfide) groups is 1. The average molecular weight is 460 g/mol. The van der Waals surface area contributed by atoms with E-state index < -0.39 is 11.4 Å². The third-order valence-electron chi connectivity index (χ3n) is 5.12. The molecular formula is C25H21N3O4S. The maximum absolute atomic E-state index is 12.9. The summed E-state index contributed by atoms with van der Waals surface area (Å²) in [6.45, 7) is 2.07. The van der Waals surface area contributed by atoms with E-state index >= 15 is 0 Å². The van der Waals surface area contributed by atoms with Crippen molar-refractivity contribution in [3.63, 3.8) is 0 Å². The Hall–Kier alpha value is -3.78. The van der Waals surface area contributed by atoms with E-state index in [0.29, 0.717) is 22.6 Å².